The Labute approximate surface area is 223 Å². The number of anilines is 1. The Hall–Kier alpha value is -3.86. The van der Waals surface area contributed by atoms with E-state index in [9.17, 15) is 31.1 Å². The number of aromatic nitrogens is 2. The number of aryl methyl sites for hydroxylation is 1. The summed E-state index contributed by atoms with van der Waals surface area (Å²) in [5.74, 6) is -5.13. The van der Waals surface area contributed by atoms with E-state index in [1.54, 1.807) is 0 Å². The smallest absolute Gasteiger partial charge is 0.480 e. The van der Waals surface area contributed by atoms with Gasteiger partial charge < -0.3 is 25.5 Å². The predicted molar refractivity (Wildman–Crippen MR) is 127 cm³/mol. The van der Waals surface area contributed by atoms with Crippen molar-refractivity contribution in [1.82, 2.24) is 20.0 Å². The first-order valence-corrected chi connectivity index (χ1v) is 11.7. The minimum absolute atomic E-state index is 0.319. The van der Waals surface area contributed by atoms with Gasteiger partial charge >= 0.3 is 30.3 Å². The lowest BCUT2D eigenvalue weighted by Gasteiger charge is -2.38. The lowest BCUT2D eigenvalue weighted by Crippen LogP contribution is -2.51. The van der Waals surface area contributed by atoms with Crippen LogP contribution in [0.3, 0.4) is 0 Å². The average molecular weight is 583 g/mol. The number of nitrogens with zero attached hydrogens (tertiary/aromatic N) is 4. The minimum atomic E-state index is -5.08. The molecule has 40 heavy (non-hydrogen) atoms. The number of hydrogen-bond donors (Lipinski definition) is 4. The zero-order chi connectivity index (χ0) is 30.3. The molecule has 0 aliphatic carbocycles. The summed E-state index contributed by atoms with van der Waals surface area (Å²) < 4.78 is 65.5. The molecule has 2 fully saturated rings. The summed E-state index contributed by atoms with van der Waals surface area (Å²) in [5, 5.41) is 31.2. The third kappa shape index (κ3) is 9.41. The molecule has 17 heteroatoms. The highest BCUT2D eigenvalue weighted by Gasteiger charge is 2.39. The first-order chi connectivity index (χ1) is 18.5. The van der Waals surface area contributed by atoms with Gasteiger partial charge in [0.2, 0.25) is 0 Å². The van der Waals surface area contributed by atoms with Crippen LogP contribution >= 0.6 is 0 Å². The first-order valence-electron chi connectivity index (χ1n) is 11.7. The van der Waals surface area contributed by atoms with Crippen LogP contribution in [0.25, 0.3) is 5.69 Å². The molecule has 11 nitrogen and oxygen atoms in total. The average Bonchev–Trinajstić information content (AvgIpc) is 3.52. The van der Waals surface area contributed by atoms with Gasteiger partial charge in [-0.25, -0.2) is 14.3 Å². The maximum absolute atomic E-state index is 11.1. The van der Waals surface area contributed by atoms with Gasteiger partial charge in [0.05, 0.1) is 11.4 Å². The molecule has 2 atom stereocenters. The molecule has 4 rings (SSSR count). The number of halogens is 6. The molecule has 1 aromatic heterocycles. The summed E-state index contributed by atoms with van der Waals surface area (Å²) in [4.78, 5) is 33.7. The van der Waals surface area contributed by atoms with Crippen LogP contribution in [-0.2, 0) is 14.4 Å². The fourth-order valence-corrected chi connectivity index (χ4v) is 3.97. The number of alkyl halides is 6. The first kappa shape index (κ1) is 32.4. The van der Waals surface area contributed by atoms with Gasteiger partial charge in [-0.3, -0.25) is 9.69 Å². The number of aliphatic carboxylic acids is 3. The number of nitrogens with one attached hydrogen (secondary N) is 1. The number of carbonyl (C=O) groups is 3. The standard InChI is InChI=1S/C19H25N5O2.2C2HF3O2/c1-14-11-18(24(21-14)15-5-3-2-4-6-15)23-9-7-22(8-10-23)16-12-17(19(25)26)20-13-16;2*3-2(4,5)1(6)7/h2-6,11,16-17,20H,7-10,12-13H2,1H3,(H,25,26);2*(H,6,7). The second kappa shape index (κ2) is 13.5. The van der Waals surface area contributed by atoms with Gasteiger partial charge in [-0.2, -0.15) is 31.4 Å². The summed E-state index contributed by atoms with van der Waals surface area (Å²) in [6.07, 6.45) is -9.48. The Morgan fingerprint density at radius 2 is 1.40 bits per heavy atom. The SMILES string of the molecule is Cc1cc(N2CCN(C3CNC(C(=O)O)C3)CC2)n(-c2ccccc2)n1.O=C(O)C(F)(F)F.O=C(O)C(F)(F)F. The van der Waals surface area contributed by atoms with Gasteiger partial charge in [-0.15, -0.1) is 0 Å². The van der Waals surface area contributed by atoms with Gasteiger partial charge in [0.15, 0.2) is 0 Å². The quantitative estimate of drug-likeness (QED) is 0.396. The second-order valence-corrected chi connectivity index (χ2v) is 8.71. The molecule has 2 aromatic rings. The molecular weight excluding hydrogens is 556 g/mol. The van der Waals surface area contributed by atoms with Crippen molar-refractivity contribution in [3.05, 3.63) is 42.1 Å². The van der Waals surface area contributed by atoms with E-state index in [0.717, 1.165) is 49.9 Å². The molecule has 4 N–H and O–H groups in total. The Balaban J connectivity index is 0.000000333. The minimum Gasteiger partial charge on any atom is -0.480 e. The van der Waals surface area contributed by atoms with Gasteiger partial charge in [0.1, 0.15) is 11.9 Å². The Morgan fingerprint density at radius 1 is 0.900 bits per heavy atom. The summed E-state index contributed by atoms with van der Waals surface area (Å²) >= 11 is 0. The van der Waals surface area contributed by atoms with Crippen LogP contribution in [0.5, 0.6) is 0 Å². The number of benzene rings is 1. The molecular formula is C23H27F6N5O6. The largest absolute Gasteiger partial charge is 0.490 e. The van der Waals surface area contributed by atoms with Crippen LogP contribution in [0.4, 0.5) is 32.2 Å². The zero-order valence-electron chi connectivity index (χ0n) is 21.0. The number of carboxylic acids is 3. The number of carboxylic acid groups (broad SMARTS) is 3. The Kier molecular flexibility index (Phi) is 10.9. The molecule has 0 saturated carbocycles. The zero-order valence-corrected chi connectivity index (χ0v) is 21.0. The molecule has 2 unspecified atom stereocenters. The van der Waals surface area contributed by atoms with E-state index in [0.29, 0.717) is 12.5 Å². The van der Waals surface area contributed by atoms with Gasteiger partial charge in [0, 0.05) is 44.8 Å². The van der Waals surface area contributed by atoms with E-state index in [1.165, 1.54) is 0 Å². The highest BCUT2D eigenvalue weighted by molar-refractivity contribution is 5.74. The lowest BCUT2D eigenvalue weighted by atomic mass is 10.1. The van der Waals surface area contributed by atoms with E-state index >= 15 is 0 Å². The van der Waals surface area contributed by atoms with Crippen molar-refractivity contribution >= 4 is 23.7 Å². The summed E-state index contributed by atoms with van der Waals surface area (Å²) in [6, 6.07) is 12.3. The molecule has 0 amide bonds. The van der Waals surface area contributed by atoms with Gasteiger partial charge in [-0.1, -0.05) is 18.2 Å². The number of piperazine rings is 1. The Bertz CT molecular complexity index is 1130. The lowest BCUT2D eigenvalue weighted by molar-refractivity contribution is -0.193. The third-order valence-corrected chi connectivity index (χ3v) is 5.86. The van der Waals surface area contributed by atoms with E-state index < -0.39 is 36.3 Å². The van der Waals surface area contributed by atoms with Gasteiger partial charge in [0.25, 0.3) is 0 Å². The van der Waals surface area contributed by atoms with Gasteiger partial charge in [-0.05, 0) is 25.5 Å². The van der Waals surface area contributed by atoms with Crippen molar-refractivity contribution < 1.29 is 56.0 Å². The van der Waals surface area contributed by atoms with Crippen molar-refractivity contribution in [3.8, 4) is 5.69 Å². The van der Waals surface area contributed by atoms with Crippen LogP contribution in [0.1, 0.15) is 12.1 Å². The predicted octanol–water partition coefficient (Wildman–Crippen LogP) is 2.38. The molecule has 3 heterocycles. The van der Waals surface area contributed by atoms with Crippen LogP contribution in [-0.4, -0.2) is 105 Å². The topological polar surface area (TPSA) is 148 Å². The van der Waals surface area contributed by atoms with E-state index in [2.05, 4.69) is 38.4 Å². The number of para-hydroxylation sites is 1. The van der Waals surface area contributed by atoms with Crippen molar-refractivity contribution in [1.29, 1.82) is 0 Å². The molecule has 0 bridgehead atoms. The van der Waals surface area contributed by atoms with Crippen LogP contribution < -0.4 is 10.2 Å². The molecule has 0 spiro atoms. The maximum atomic E-state index is 11.1. The normalized spacial score (nSPS) is 19.6. The van der Waals surface area contributed by atoms with Crippen molar-refractivity contribution in [3.63, 3.8) is 0 Å². The monoisotopic (exact) mass is 583 g/mol. The van der Waals surface area contributed by atoms with E-state index in [4.69, 9.17) is 24.9 Å². The fraction of sp³-hybridized carbons (Fsp3) is 0.478. The summed E-state index contributed by atoms with van der Waals surface area (Å²) in [6.45, 7) is 6.52. The molecule has 1 aromatic carbocycles. The summed E-state index contributed by atoms with van der Waals surface area (Å²) in [7, 11) is 0. The third-order valence-electron chi connectivity index (χ3n) is 5.86. The Morgan fingerprint density at radius 3 is 1.82 bits per heavy atom. The van der Waals surface area contributed by atoms with Crippen LogP contribution in [0, 0.1) is 6.92 Å². The molecule has 2 aliphatic heterocycles. The highest BCUT2D eigenvalue weighted by atomic mass is 19.4. The fourth-order valence-electron chi connectivity index (χ4n) is 3.97. The molecule has 2 aliphatic rings. The van der Waals surface area contributed by atoms with Crippen molar-refractivity contribution in [2.75, 3.05) is 37.6 Å². The van der Waals surface area contributed by atoms with Crippen LogP contribution in [0.2, 0.25) is 0 Å². The molecule has 222 valence electrons. The maximum Gasteiger partial charge on any atom is 0.490 e. The van der Waals surface area contributed by atoms with E-state index in [-0.39, 0.29) is 0 Å². The van der Waals surface area contributed by atoms with Crippen LogP contribution in [0.15, 0.2) is 36.4 Å². The number of rotatable bonds is 4. The van der Waals surface area contributed by atoms with Crippen molar-refractivity contribution in [2.24, 2.45) is 0 Å². The molecule has 0 radical (unpaired) electrons. The second-order valence-electron chi connectivity index (χ2n) is 8.71. The summed E-state index contributed by atoms with van der Waals surface area (Å²) in [5.41, 5.74) is 2.08. The number of hydrogen-bond acceptors (Lipinski definition) is 7. The van der Waals surface area contributed by atoms with E-state index in [1.807, 2.05) is 29.8 Å². The molecule has 2 saturated heterocycles. The highest BCUT2D eigenvalue weighted by Crippen LogP contribution is 2.24. The van der Waals surface area contributed by atoms with Crippen molar-refractivity contribution in [2.45, 2.75) is 37.8 Å².